The van der Waals surface area contributed by atoms with E-state index >= 15 is 0 Å². The van der Waals surface area contributed by atoms with E-state index in [0.717, 1.165) is 35.1 Å². The molecule has 0 unspecified atom stereocenters. The summed E-state index contributed by atoms with van der Waals surface area (Å²) in [6.07, 6.45) is 1.84. The van der Waals surface area contributed by atoms with Gasteiger partial charge in [0, 0.05) is 20.6 Å². The van der Waals surface area contributed by atoms with Gasteiger partial charge in [0.25, 0.3) is 0 Å². The highest BCUT2D eigenvalue weighted by Gasteiger charge is 2.11. The van der Waals surface area contributed by atoms with Gasteiger partial charge in [-0.25, -0.2) is 4.98 Å². The van der Waals surface area contributed by atoms with Gasteiger partial charge in [-0.1, -0.05) is 6.07 Å². The van der Waals surface area contributed by atoms with Crippen LogP contribution in [0.2, 0.25) is 0 Å². The summed E-state index contributed by atoms with van der Waals surface area (Å²) in [4.78, 5) is 6.36. The van der Waals surface area contributed by atoms with Crippen molar-refractivity contribution in [2.24, 2.45) is 0 Å². The molecule has 0 atom stereocenters. The summed E-state index contributed by atoms with van der Waals surface area (Å²) in [5.74, 6) is 2.59. The number of anilines is 2. The van der Waals surface area contributed by atoms with Gasteiger partial charge in [-0.3, -0.25) is 0 Å². The number of benzene rings is 1. The lowest BCUT2D eigenvalue weighted by Crippen LogP contribution is -2.15. The van der Waals surface area contributed by atoms with Gasteiger partial charge in [0.15, 0.2) is 11.5 Å². The topological polar surface area (TPSA) is 46.6 Å². The third-order valence-electron chi connectivity index (χ3n) is 3.31. The first kappa shape index (κ1) is 13.5. The van der Waals surface area contributed by atoms with Crippen LogP contribution >= 0.6 is 0 Å². The van der Waals surface area contributed by atoms with Crippen LogP contribution in [0, 0.1) is 0 Å². The van der Waals surface area contributed by atoms with Crippen LogP contribution in [-0.2, 0) is 6.54 Å². The molecule has 0 fully saturated rings. The molecule has 0 saturated carbocycles. The van der Waals surface area contributed by atoms with E-state index in [1.54, 1.807) is 0 Å². The molecule has 2 aromatic rings. The second-order valence-corrected chi connectivity index (χ2v) is 5.13. The number of aromatic nitrogens is 1. The van der Waals surface area contributed by atoms with Gasteiger partial charge in [-0.05, 0) is 29.8 Å². The van der Waals surface area contributed by atoms with Crippen LogP contribution in [0.5, 0.6) is 11.5 Å². The first-order chi connectivity index (χ1) is 10.2. The Bertz CT molecular complexity index is 611. The normalized spacial score (nSPS) is 12.9. The first-order valence-electron chi connectivity index (χ1n) is 6.98. The summed E-state index contributed by atoms with van der Waals surface area (Å²) < 4.78 is 11.1. The molecule has 0 aliphatic carbocycles. The zero-order valence-electron chi connectivity index (χ0n) is 12.3. The van der Waals surface area contributed by atoms with Gasteiger partial charge < -0.3 is 19.7 Å². The maximum atomic E-state index is 5.59. The molecule has 1 aliphatic rings. The Balaban J connectivity index is 1.64. The molecule has 0 spiro atoms. The molecule has 1 aromatic heterocycles. The van der Waals surface area contributed by atoms with Crippen molar-refractivity contribution in [3.63, 3.8) is 0 Å². The number of fused-ring (bicyclic) bond motifs is 1. The average Bonchev–Trinajstić information content (AvgIpc) is 2.53. The maximum Gasteiger partial charge on any atom is 0.161 e. The maximum absolute atomic E-state index is 5.59. The molecule has 110 valence electrons. The second kappa shape index (κ2) is 5.91. The van der Waals surface area contributed by atoms with Crippen LogP contribution in [0.3, 0.4) is 0 Å². The fraction of sp³-hybridized carbons (Fsp3) is 0.312. The highest BCUT2D eigenvalue weighted by Crippen LogP contribution is 2.30. The van der Waals surface area contributed by atoms with Gasteiger partial charge in [0.2, 0.25) is 0 Å². The summed E-state index contributed by atoms with van der Waals surface area (Å²) in [5.41, 5.74) is 2.14. The number of nitrogens with zero attached hydrogens (tertiary/aromatic N) is 2. The molecule has 5 heteroatoms. The lowest BCUT2D eigenvalue weighted by molar-refractivity contribution is 0.171. The SMILES string of the molecule is CN(C)c1ccc(NCc2ccc3c(c2)OCCO3)cn1. The van der Waals surface area contributed by atoms with Crippen molar-refractivity contribution in [2.75, 3.05) is 37.5 Å². The zero-order chi connectivity index (χ0) is 14.7. The van der Waals surface area contributed by atoms with Crippen LogP contribution in [0.15, 0.2) is 36.5 Å². The quantitative estimate of drug-likeness (QED) is 0.935. The summed E-state index contributed by atoms with van der Waals surface area (Å²) in [5, 5.41) is 3.36. The Morgan fingerprint density at radius 2 is 1.90 bits per heavy atom. The van der Waals surface area contributed by atoms with Crippen LogP contribution in [-0.4, -0.2) is 32.3 Å². The molecular weight excluding hydrogens is 266 g/mol. The number of pyridine rings is 1. The molecule has 5 nitrogen and oxygen atoms in total. The summed E-state index contributed by atoms with van der Waals surface area (Å²) in [6, 6.07) is 10.0. The summed E-state index contributed by atoms with van der Waals surface area (Å²) >= 11 is 0. The minimum Gasteiger partial charge on any atom is -0.486 e. The van der Waals surface area contributed by atoms with Gasteiger partial charge in [0.1, 0.15) is 19.0 Å². The van der Waals surface area contributed by atoms with Crippen molar-refractivity contribution >= 4 is 11.5 Å². The van der Waals surface area contributed by atoms with E-state index in [4.69, 9.17) is 9.47 Å². The van der Waals surface area contributed by atoms with E-state index in [-0.39, 0.29) is 0 Å². The van der Waals surface area contributed by atoms with Crippen molar-refractivity contribution in [1.29, 1.82) is 0 Å². The minimum atomic E-state index is 0.611. The Labute approximate surface area is 124 Å². The largest absolute Gasteiger partial charge is 0.486 e. The zero-order valence-corrected chi connectivity index (χ0v) is 12.3. The predicted molar refractivity (Wildman–Crippen MR) is 83.3 cm³/mol. The van der Waals surface area contributed by atoms with Crippen LogP contribution < -0.4 is 19.7 Å². The van der Waals surface area contributed by atoms with Crippen LogP contribution in [0.25, 0.3) is 0 Å². The number of hydrogen-bond acceptors (Lipinski definition) is 5. The van der Waals surface area contributed by atoms with Crippen molar-refractivity contribution in [2.45, 2.75) is 6.54 Å². The molecule has 1 aliphatic heterocycles. The van der Waals surface area contributed by atoms with Crippen LogP contribution in [0.1, 0.15) is 5.56 Å². The predicted octanol–water partition coefficient (Wildman–Crippen LogP) is 2.53. The molecule has 3 rings (SSSR count). The Kier molecular flexibility index (Phi) is 3.81. The fourth-order valence-electron chi connectivity index (χ4n) is 2.16. The van der Waals surface area contributed by atoms with Gasteiger partial charge in [0.05, 0.1) is 11.9 Å². The average molecular weight is 285 g/mol. The van der Waals surface area contributed by atoms with E-state index in [1.165, 1.54) is 0 Å². The Morgan fingerprint density at radius 3 is 2.62 bits per heavy atom. The van der Waals surface area contributed by atoms with Crippen molar-refractivity contribution < 1.29 is 9.47 Å². The van der Waals surface area contributed by atoms with E-state index in [2.05, 4.69) is 10.3 Å². The van der Waals surface area contributed by atoms with Crippen molar-refractivity contribution in [3.05, 3.63) is 42.1 Å². The Hall–Kier alpha value is -2.43. The van der Waals surface area contributed by atoms with Crippen molar-refractivity contribution in [1.82, 2.24) is 4.98 Å². The standard InChI is InChI=1S/C16H19N3O2/c1-19(2)16-6-4-13(11-18-16)17-10-12-3-5-14-15(9-12)21-8-7-20-14/h3-6,9,11,17H,7-8,10H2,1-2H3. The van der Waals surface area contributed by atoms with E-state index < -0.39 is 0 Å². The summed E-state index contributed by atoms with van der Waals surface area (Å²) in [7, 11) is 3.95. The number of ether oxygens (including phenoxy) is 2. The number of rotatable bonds is 4. The molecule has 0 amide bonds. The van der Waals surface area contributed by atoms with Gasteiger partial charge in [-0.2, -0.15) is 0 Å². The van der Waals surface area contributed by atoms with Gasteiger partial charge in [-0.15, -0.1) is 0 Å². The molecule has 21 heavy (non-hydrogen) atoms. The molecule has 2 heterocycles. The fourth-order valence-corrected chi connectivity index (χ4v) is 2.16. The van der Waals surface area contributed by atoms with Gasteiger partial charge >= 0.3 is 0 Å². The lowest BCUT2D eigenvalue weighted by atomic mass is 10.2. The molecular formula is C16H19N3O2. The molecule has 0 saturated heterocycles. The smallest absolute Gasteiger partial charge is 0.161 e. The molecule has 1 N–H and O–H groups in total. The third-order valence-corrected chi connectivity index (χ3v) is 3.31. The highest BCUT2D eigenvalue weighted by molar-refractivity contribution is 5.49. The lowest BCUT2D eigenvalue weighted by Gasteiger charge is -2.19. The van der Waals surface area contributed by atoms with E-state index in [0.29, 0.717) is 13.2 Å². The summed E-state index contributed by atoms with van der Waals surface area (Å²) in [6.45, 7) is 1.95. The molecule has 1 aromatic carbocycles. The number of hydrogen-bond donors (Lipinski definition) is 1. The monoisotopic (exact) mass is 285 g/mol. The van der Waals surface area contributed by atoms with Crippen molar-refractivity contribution in [3.8, 4) is 11.5 Å². The third kappa shape index (κ3) is 3.18. The molecule has 0 bridgehead atoms. The Morgan fingerprint density at radius 1 is 1.10 bits per heavy atom. The second-order valence-electron chi connectivity index (χ2n) is 5.13. The van der Waals surface area contributed by atoms with E-state index in [9.17, 15) is 0 Å². The number of nitrogens with one attached hydrogen (secondary N) is 1. The van der Waals surface area contributed by atoms with Crippen LogP contribution in [0.4, 0.5) is 11.5 Å². The highest BCUT2D eigenvalue weighted by atomic mass is 16.6. The minimum absolute atomic E-state index is 0.611. The first-order valence-corrected chi connectivity index (χ1v) is 6.98. The van der Waals surface area contributed by atoms with E-state index in [1.807, 2.05) is 55.5 Å². The molecule has 0 radical (unpaired) electrons.